The molecule has 1 aliphatic rings. The largest absolute Gasteiger partial charge is 0.490 e. The first-order valence-electron chi connectivity index (χ1n) is 7.69. The number of para-hydroxylation sites is 1. The van der Waals surface area contributed by atoms with Crippen molar-refractivity contribution in [3.8, 4) is 5.75 Å². The zero-order valence-corrected chi connectivity index (χ0v) is 13.4. The number of fused-ring (bicyclic) bond motifs is 1. The first kappa shape index (κ1) is 16.7. The van der Waals surface area contributed by atoms with E-state index >= 15 is 0 Å². The van der Waals surface area contributed by atoms with E-state index in [2.05, 4.69) is 10.6 Å². The Morgan fingerprint density at radius 1 is 1.36 bits per heavy atom. The number of hydrogen-bond acceptors (Lipinski definition) is 5. The van der Waals surface area contributed by atoms with Crippen molar-refractivity contribution < 1.29 is 18.8 Å². The summed E-state index contributed by atoms with van der Waals surface area (Å²) in [7, 11) is 1.45. The van der Waals surface area contributed by atoms with Crippen LogP contribution in [0.2, 0.25) is 0 Å². The van der Waals surface area contributed by atoms with Gasteiger partial charge in [-0.1, -0.05) is 12.1 Å². The number of anilines is 1. The minimum atomic E-state index is -0.555. The van der Waals surface area contributed by atoms with Gasteiger partial charge in [-0.25, -0.2) is 4.39 Å². The monoisotopic (exact) mass is 345 g/mol. The van der Waals surface area contributed by atoms with Crippen molar-refractivity contribution in [3.63, 3.8) is 0 Å². The third-order valence-corrected chi connectivity index (χ3v) is 4.04. The van der Waals surface area contributed by atoms with Crippen LogP contribution in [0.1, 0.15) is 28.4 Å². The number of hydrogen-bond donors (Lipinski definition) is 2. The fourth-order valence-corrected chi connectivity index (χ4v) is 2.81. The lowest BCUT2D eigenvalue weighted by Crippen LogP contribution is -2.22. The average Bonchev–Trinajstić information content (AvgIpc) is 2.62. The number of benzene rings is 2. The van der Waals surface area contributed by atoms with Crippen LogP contribution in [0.4, 0.5) is 15.8 Å². The summed E-state index contributed by atoms with van der Waals surface area (Å²) in [6.45, 7) is 0.301. The van der Waals surface area contributed by atoms with Crippen molar-refractivity contribution >= 4 is 17.3 Å². The molecule has 1 aliphatic heterocycles. The van der Waals surface area contributed by atoms with Crippen LogP contribution < -0.4 is 15.4 Å². The van der Waals surface area contributed by atoms with Crippen LogP contribution in [0.25, 0.3) is 0 Å². The highest BCUT2D eigenvalue weighted by atomic mass is 19.1. The summed E-state index contributed by atoms with van der Waals surface area (Å²) < 4.78 is 19.2. The molecule has 7 nitrogen and oxygen atoms in total. The van der Waals surface area contributed by atoms with E-state index in [1.807, 2.05) is 0 Å². The Labute approximate surface area is 143 Å². The van der Waals surface area contributed by atoms with Crippen molar-refractivity contribution in [1.29, 1.82) is 0 Å². The molecular weight excluding hydrogens is 329 g/mol. The van der Waals surface area contributed by atoms with Gasteiger partial charge in [-0.3, -0.25) is 14.9 Å². The van der Waals surface area contributed by atoms with Crippen LogP contribution in [-0.4, -0.2) is 24.5 Å². The first-order chi connectivity index (χ1) is 12.0. The van der Waals surface area contributed by atoms with E-state index in [4.69, 9.17) is 4.74 Å². The van der Waals surface area contributed by atoms with Crippen molar-refractivity contribution in [2.24, 2.45) is 0 Å². The van der Waals surface area contributed by atoms with Crippen molar-refractivity contribution in [3.05, 3.63) is 63.5 Å². The maximum Gasteiger partial charge on any atom is 0.293 e. The smallest absolute Gasteiger partial charge is 0.293 e. The van der Waals surface area contributed by atoms with Crippen LogP contribution in [0.3, 0.4) is 0 Å². The highest BCUT2D eigenvalue weighted by Crippen LogP contribution is 2.38. The lowest BCUT2D eigenvalue weighted by molar-refractivity contribution is -0.384. The number of nitrogens with one attached hydrogen (secondary N) is 2. The lowest BCUT2D eigenvalue weighted by atomic mass is 9.99. The molecule has 1 heterocycles. The van der Waals surface area contributed by atoms with Crippen molar-refractivity contribution in [1.82, 2.24) is 5.32 Å². The van der Waals surface area contributed by atoms with Gasteiger partial charge in [0.25, 0.3) is 11.6 Å². The van der Waals surface area contributed by atoms with E-state index in [-0.39, 0.29) is 28.7 Å². The fraction of sp³-hybridized carbons (Fsp3) is 0.235. The Kier molecular flexibility index (Phi) is 4.51. The van der Waals surface area contributed by atoms with E-state index in [1.54, 1.807) is 12.1 Å². The van der Waals surface area contributed by atoms with Crippen molar-refractivity contribution in [2.75, 3.05) is 19.0 Å². The van der Waals surface area contributed by atoms with Crippen LogP contribution in [0, 0.1) is 15.9 Å². The molecule has 2 aromatic carbocycles. The van der Waals surface area contributed by atoms with Gasteiger partial charge in [0.05, 0.1) is 17.6 Å². The van der Waals surface area contributed by atoms with Gasteiger partial charge in [0, 0.05) is 30.7 Å². The third-order valence-electron chi connectivity index (χ3n) is 4.04. The Morgan fingerprint density at radius 2 is 2.16 bits per heavy atom. The second kappa shape index (κ2) is 6.76. The molecule has 0 bridgehead atoms. The van der Waals surface area contributed by atoms with Gasteiger partial charge in [0.2, 0.25) is 0 Å². The molecule has 0 fully saturated rings. The number of carbonyl (C=O) groups is 1. The Balaban J connectivity index is 1.95. The van der Waals surface area contributed by atoms with Crippen LogP contribution in [-0.2, 0) is 0 Å². The molecule has 2 N–H and O–H groups in total. The molecule has 3 rings (SSSR count). The van der Waals surface area contributed by atoms with E-state index in [0.717, 1.165) is 0 Å². The Morgan fingerprint density at radius 3 is 2.88 bits per heavy atom. The second-order valence-electron chi connectivity index (χ2n) is 5.56. The van der Waals surface area contributed by atoms with Crippen LogP contribution >= 0.6 is 0 Å². The minimum absolute atomic E-state index is 0.163. The zero-order chi connectivity index (χ0) is 18.0. The summed E-state index contributed by atoms with van der Waals surface area (Å²) in [5.74, 6) is -0.711. The number of carbonyl (C=O) groups excluding carboxylic acids is 1. The number of amides is 1. The summed E-state index contributed by atoms with van der Waals surface area (Å²) in [6.07, 6.45) is 0.533. The highest BCUT2D eigenvalue weighted by molar-refractivity contribution is 5.95. The third kappa shape index (κ3) is 3.23. The maximum absolute atomic E-state index is 13.9. The molecular formula is C17H16FN3O4. The second-order valence-corrected chi connectivity index (χ2v) is 5.56. The molecule has 130 valence electrons. The molecule has 1 amide bonds. The van der Waals surface area contributed by atoms with Crippen molar-refractivity contribution in [2.45, 2.75) is 12.5 Å². The SMILES string of the molecule is CNC(=O)c1ccc(N[C@H]2CCOc3c(F)cccc32)c([N+](=O)[O-])c1. The Bertz CT molecular complexity index is 841. The normalized spacial score (nSPS) is 15.7. The predicted molar refractivity (Wildman–Crippen MR) is 89.4 cm³/mol. The van der Waals surface area contributed by atoms with Gasteiger partial charge in [-0.05, 0) is 18.2 Å². The maximum atomic E-state index is 13.9. The first-order valence-corrected chi connectivity index (χ1v) is 7.69. The molecule has 0 saturated heterocycles. The predicted octanol–water partition coefficient (Wildman–Crippen LogP) is 3.03. The quantitative estimate of drug-likeness (QED) is 0.656. The number of nitro groups is 1. The molecule has 0 aromatic heterocycles. The Hall–Kier alpha value is -3.16. The van der Waals surface area contributed by atoms with Crippen LogP contribution in [0.15, 0.2) is 36.4 Å². The van der Waals surface area contributed by atoms with E-state index in [0.29, 0.717) is 18.6 Å². The summed E-state index contributed by atoms with van der Waals surface area (Å²) in [5, 5.41) is 16.9. The number of rotatable bonds is 4. The van der Waals surface area contributed by atoms with Gasteiger partial charge in [0.1, 0.15) is 5.69 Å². The van der Waals surface area contributed by atoms with Gasteiger partial charge in [0.15, 0.2) is 11.6 Å². The average molecular weight is 345 g/mol. The molecule has 2 aromatic rings. The highest BCUT2D eigenvalue weighted by Gasteiger charge is 2.26. The lowest BCUT2D eigenvalue weighted by Gasteiger charge is -2.27. The number of nitrogens with zero attached hydrogens (tertiary/aromatic N) is 1. The van der Waals surface area contributed by atoms with E-state index in [9.17, 15) is 19.3 Å². The summed E-state index contributed by atoms with van der Waals surface area (Å²) in [4.78, 5) is 22.5. The molecule has 0 unspecified atom stereocenters. The molecule has 0 spiro atoms. The topological polar surface area (TPSA) is 93.5 Å². The molecule has 8 heteroatoms. The number of halogens is 1. The fourth-order valence-electron chi connectivity index (χ4n) is 2.81. The van der Waals surface area contributed by atoms with E-state index < -0.39 is 16.6 Å². The molecule has 25 heavy (non-hydrogen) atoms. The number of ether oxygens (including phenoxy) is 1. The number of nitro benzene ring substituents is 1. The van der Waals surface area contributed by atoms with Gasteiger partial charge < -0.3 is 15.4 Å². The minimum Gasteiger partial charge on any atom is -0.490 e. The molecule has 0 aliphatic carbocycles. The zero-order valence-electron chi connectivity index (χ0n) is 13.4. The van der Waals surface area contributed by atoms with Gasteiger partial charge in [-0.15, -0.1) is 0 Å². The van der Waals surface area contributed by atoms with Gasteiger partial charge >= 0.3 is 0 Å². The summed E-state index contributed by atoms with van der Waals surface area (Å²) >= 11 is 0. The molecule has 0 saturated carbocycles. The molecule has 1 atom stereocenters. The van der Waals surface area contributed by atoms with E-state index in [1.165, 1.54) is 31.3 Å². The summed E-state index contributed by atoms with van der Waals surface area (Å²) in [5.41, 5.74) is 0.847. The van der Waals surface area contributed by atoms with Crippen LogP contribution in [0.5, 0.6) is 5.75 Å². The summed E-state index contributed by atoms with van der Waals surface area (Å²) in [6, 6.07) is 8.47. The van der Waals surface area contributed by atoms with Gasteiger partial charge in [-0.2, -0.15) is 0 Å². The standard InChI is InChI=1S/C17H16FN3O4/c1-19-17(22)10-5-6-14(15(9-10)21(23)24)20-13-7-8-25-16-11(13)3-2-4-12(16)18/h2-6,9,13,20H,7-8H2,1H3,(H,19,22)/t13-/m0/s1. The molecule has 0 radical (unpaired) electrons.